The van der Waals surface area contributed by atoms with Crippen LogP contribution in [0.25, 0.3) is 10.9 Å². The third-order valence-corrected chi connectivity index (χ3v) is 10.2. The van der Waals surface area contributed by atoms with Crippen molar-refractivity contribution in [1.29, 1.82) is 0 Å². The minimum absolute atomic E-state index is 0.0569. The Morgan fingerprint density at radius 2 is 2.04 bits per heavy atom. The molecule has 4 nitrogen and oxygen atoms in total. The summed E-state index contributed by atoms with van der Waals surface area (Å²) in [5.74, 6) is 0.989. The van der Waals surface area contributed by atoms with Crippen molar-refractivity contribution in [1.82, 2.24) is 9.78 Å². The van der Waals surface area contributed by atoms with Crippen molar-refractivity contribution < 1.29 is 9.47 Å². The van der Waals surface area contributed by atoms with Crippen molar-refractivity contribution >= 4 is 33.0 Å². The SMILES string of the molecule is CC1(Oc2ccc3c(c2)[c]([Sn]([CH3])([CH3])[CH3])nn3C2CCCCO2)CC1. The Morgan fingerprint density at radius 1 is 1.25 bits per heavy atom. The normalized spacial score (nSPS) is 23.4. The molecule has 130 valence electrons. The Labute approximate surface area is 148 Å². The monoisotopic (exact) mass is 436 g/mol. The van der Waals surface area contributed by atoms with E-state index in [0.29, 0.717) is 0 Å². The van der Waals surface area contributed by atoms with E-state index in [1.54, 1.807) is 0 Å². The molecule has 1 atom stereocenters. The Hall–Kier alpha value is -0.751. The molecule has 0 radical (unpaired) electrons. The number of ether oxygens (including phenoxy) is 2. The molecule has 4 rings (SSSR count). The first-order valence-corrected chi connectivity index (χ1v) is 19.2. The molecule has 2 fully saturated rings. The molecular weight excluding hydrogens is 407 g/mol. The van der Waals surface area contributed by atoms with Gasteiger partial charge in [-0.15, -0.1) is 0 Å². The first-order valence-electron chi connectivity index (χ1n) is 9.19. The van der Waals surface area contributed by atoms with Gasteiger partial charge in [0.15, 0.2) is 0 Å². The predicted molar refractivity (Wildman–Crippen MR) is 99.8 cm³/mol. The molecule has 2 aromatic rings. The maximum absolute atomic E-state index is 6.20. The van der Waals surface area contributed by atoms with Gasteiger partial charge in [0.1, 0.15) is 0 Å². The molecule has 1 aromatic heterocycles. The van der Waals surface area contributed by atoms with Crippen LogP contribution >= 0.6 is 0 Å². The van der Waals surface area contributed by atoms with Gasteiger partial charge in [-0.2, -0.15) is 0 Å². The molecular formula is C19H28N2O2Sn. The molecule has 1 saturated heterocycles. The van der Waals surface area contributed by atoms with Gasteiger partial charge in [0.05, 0.1) is 0 Å². The van der Waals surface area contributed by atoms with Gasteiger partial charge in [-0.1, -0.05) is 0 Å². The summed E-state index contributed by atoms with van der Waals surface area (Å²) in [6.07, 6.45) is 5.86. The standard InChI is InChI=1S/C16H19N2O2.3CH3.Sn/c1-16(7-8-16)20-13-5-6-14-12(10-13)11-17-18(14)15-4-2-3-9-19-15;;;;/h5-6,10,15H,2-4,7-9H2,1H3;3*1H3;. The molecule has 1 saturated carbocycles. The molecule has 2 heterocycles. The van der Waals surface area contributed by atoms with Crippen molar-refractivity contribution in [2.75, 3.05) is 6.61 Å². The van der Waals surface area contributed by atoms with E-state index in [1.165, 1.54) is 21.0 Å². The number of hydrogen-bond acceptors (Lipinski definition) is 3. The van der Waals surface area contributed by atoms with E-state index in [0.717, 1.165) is 38.0 Å². The zero-order chi connectivity index (χ0) is 16.9. The van der Waals surface area contributed by atoms with Crippen molar-refractivity contribution in [2.24, 2.45) is 0 Å². The molecule has 0 bridgehead atoms. The summed E-state index contributed by atoms with van der Waals surface area (Å²) in [5.41, 5.74) is 1.26. The topological polar surface area (TPSA) is 36.3 Å². The van der Waals surface area contributed by atoms with Crippen LogP contribution in [0.15, 0.2) is 18.2 Å². The van der Waals surface area contributed by atoms with E-state index in [1.807, 2.05) is 0 Å². The van der Waals surface area contributed by atoms with Crippen LogP contribution in [0.4, 0.5) is 0 Å². The van der Waals surface area contributed by atoms with Crippen LogP contribution in [0.5, 0.6) is 5.75 Å². The van der Waals surface area contributed by atoms with Gasteiger partial charge in [-0.3, -0.25) is 0 Å². The summed E-state index contributed by atoms with van der Waals surface area (Å²) < 4.78 is 15.7. The fourth-order valence-corrected chi connectivity index (χ4v) is 7.48. The summed E-state index contributed by atoms with van der Waals surface area (Å²) >= 11 is -2.34. The number of hydrogen-bond donors (Lipinski definition) is 0. The number of benzene rings is 1. The number of aromatic nitrogens is 2. The van der Waals surface area contributed by atoms with Gasteiger partial charge in [-0.05, 0) is 0 Å². The molecule has 5 heteroatoms. The second kappa shape index (κ2) is 5.90. The first kappa shape index (κ1) is 16.7. The second-order valence-corrected chi connectivity index (χ2v) is 22.8. The summed E-state index contributed by atoms with van der Waals surface area (Å²) in [6, 6.07) is 6.51. The van der Waals surface area contributed by atoms with E-state index < -0.39 is 18.4 Å². The summed E-state index contributed by atoms with van der Waals surface area (Å²) in [4.78, 5) is 7.29. The molecule has 1 aliphatic heterocycles. The molecule has 24 heavy (non-hydrogen) atoms. The van der Waals surface area contributed by atoms with Crippen molar-refractivity contribution in [3.63, 3.8) is 0 Å². The van der Waals surface area contributed by atoms with Crippen LogP contribution in [0.1, 0.15) is 45.3 Å². The Balaban J connectivity index is 1.79. The molecule has 0 amide bonds. The number of rotatable bonds is 4. The zero-order valence-corrected chi connectivity index (χ0v) is 18.1. The average Bonchev–Trinajstić information content (AvgIpc) is 3.12. The third kappa shape index (κ3) is 3.19. The van der Waals surface area contributed by atoms with Gasteiger partial charge in [0, 0.05) is 0 Å². The average molecular weight is 435 g/mol. The Morgan fingerprint density at radius 3 is 2.67 bits per heavy atom. The maximum atomic E-state index is 6.20. The van der Waals surface area contributed by atoms with Crippen LogP contribution in [-0.2, 0) is 4.74 Å². The fraction of sp³-hybridized carbons (Fsp3) is 0.632. The van der Waals surface area contributed by atoms with Crippen molar-refractivity contribution in [3.8, 4) is 5.75 Å². The van der Waals surface area contributed by atoms with Crippen LogP contribution in [0.2, 0.25) is 14.8 Å². The predicted octanol–water partition coefficient (Wildman–Crippen LogP) is 4.21. The molecule has 0 N–H and O–H groups in total. The van der Waals surface area contributed by atoms with Crippen LogP contribution < -0.4 is 8.45 Å². The van der Waals surface area contributed by atoms with Gasteiger partial charge >= 0.3 is 148 Å². The fourth-order valence-electron chi connectivity index (χ4n) is 3.44. The number of fused-ring (bicyclic) bond motifs is 1. The van der Waals surface area contributed by atoms with E-state index in [2.05, 4.69) is 44.6 Å². The van der Waals surface area contributed by atoms with Crippen molar-refractivity contribution in [3.05, 3.63) is 18.2 Å². The van der Waals surface area contributed by atoms with Crippen LogP contribution in [-0.4, -0.2) is 40.4 Å². The van der Waals surface area contributed by atoms with E-state index in [-0.39, 0.29) is 11.8 Å². The molecule has 1 aliphatic carbocycles. The van der Waals surface area contributed by atoms with E-state index in [9.17, 15) is 0 Å². The van der Waals surface area contributed by atoms with Crippen molar-refractivity contribution in [2.45, 2.75) is 65.7 Å². The van der Waals surface area contributed by atoms with Gasteiger partial charge in [0.2, 0.25) is 0 Å². The Bertz CT molecular complexity index is 753. The third-order valence-electron chi connectivity index (χ3n) is 5.13. The van der Waals surface area contributed by atoms with Crippen LogP contribution in [0.3, 0.4) is 0 Å². The quantitative estimate of drug-likeness (QED) is 0.676. The number of nitrogens with zero attached hydrogens (tertiary/aromatic N) is 2. The summed E-state index contributed by atoms with van der Waals surface area (Å²) in [6.45, 7) is 3.04. The molecule has 0 spiro atoms. The second-order valence-electron chi connectivity index (χ2n) is 8.60. The minimum atomic E-state index is -2.34. The van der Waals surface area contributed by atoms with Gasteiger partial charge in [-0.25, -0.2) is 0 Å². The first-order chi connectivity index (χ1) is 11.4. The van der Waals surface area contributed by atoms with E-state index >= 15 is 0 Å². The molecule has 2 aliphatic rings. The summed E-state index contributed by atoms with van der Waals surface area (Å²) in [7, 11) is 0. The Kier molecular flexibility index (Phi) is 4.11. The van der Waals surface area contributed by atoms with E-state index in [4.69, 9.17) is 14.6 Å². The van der Waals surface area contributed by atoms with Gasteiger partial charge < -0.3 is 0 Å². The van der Waals surface area contributed by atoms with Gasteiger partial charge in [0.25, 0.3) is 0 Å². The summed E-state index contributed by atoms with van der Waals surface area (Å²) in [5, 5.41) is 6.35. The zero-order valence-electron chi connectivity index (χ0n) is 15.3. The molecule has 1 unspecified atom stereocenters. The molecule has 1 aromatic carbocycles. The van der Waals surface area contributed by atoms with Crippen LogP contribution in [0, 0.1) is 0 Å².